The van der Waals surface area contributed by atoms with Crippen LogP contribution in [-0.2, 0) is 9.59 Å². The highest BCUT2D eigenvalue weighted by molar-refractivity contribution is 5.83. The van der Waals surface area contributed by atoms with E-state index in [4.69, 9.17) is 5.73 Å². The largest absolute Gasteiger partial charge is 0.370 e. The number of hydrogen-bond donors (Lipinski definition) is 1. The Morgan fingerprint density at radius 1 is 1.04 bits per heavy atom. The van der Waals surface area contributed by atoms with Crippen molar-refractivity contribution in [3.8, 4) is 0 Å². The number of primary amides is 1. The smallest absolute Gasteiger partial charge is 0.223 e. The van der Waals surface area contributed by atoms with E-state index in [0.29, 0.717) is 29.6 Å². The van der Waals surface area contributed by atoms with E-state index in [2.05, 4.69) is 46.4 Å². The predicted molar refractivity (Wildman–Crippen MR) is 116 cm³/mol. The van der Waals surface area contributed by atoms with Crippen LogP contribution in [0, 0.1) is 29.6 Å². The molecule has 2 N–H and O–H groups in total. The Bertz CT molecular complexity index is 545. The van der Waals surface area contributed by atoms with Crippen LogP contribution in [0.3, 0.4) is 0 Å². The predicted octanol–water partition coefficient (Wildman–Crippen LogP) is 5.15. The van der Waals surface area contributed by atoms with Crippen LogP contribution in [-0.4, -0.2) is 28.3 Å². The number of carbonyl (C=O) groups excluding carboxylic acids is 2. The first-order valence-electron chi connectivity index (χ1n) is 11.7. The van der Waals surface area contributed by atoms with Gasteiger partial charge in [-0.3, -0.25) is 9.59 Å². The number of hydrogen-bond acceptors (Lipinski definition) is 2. The molecule has 2 amide bonds. The zero-order chi connectivity index (χ0) is 21.1. The number of nitrogens with two attached hydrogens (primary N) is 1. The summed E-state index contributed by atoms with van der Waals surface area (Å²) in [6.07, 6.45) is 8.68. The van der Waals surface area contributed by atoms with Crippen molar-refractivity contribution >= 4 is 11.8 Å². The van der Waals surface area contributed by atoms with Gasteiger partial charge in [-0.15, -0.1) is 0 Å². The Morgan fingerprint density at radius 2 is 1.71 bits per heavy atom. The Balaban J connectivity index is 2.45. The van der Waals surface area contributed by atoms with Crippen LogP contribution in [0.5, 0.6) is 0 Å². The topological polar surface area (TPSA) is 63.4 Å². The van der Waals surface area contributed by atoms with E-state index in [1.165, 1.54) is 32.1 Å². The lowest BCUT2D eigenvalue weighted by molar-refractivity contribution is -0.154. The minimum absolute atomic E-state index is 0.115. The summed E-state index contributed by atoms with van der Waals surface area (Å²) in [5, 5.41) is 0. The van der Waals surface area contributed by atoms with E-state index in [9.17, 15) is 9.59 Å². The first kappa shape index (κ1) is 23.2. The third-order valence-electron chi connectivity index (χ3n) is 7.77. The van der Waals surface area contributed by atoms with Gasteiger partial charge in [0.15, 0.2) is 0 Å². The van der Waals surface area contributed by atoms with Crippen LogP contribution in [0.1, 0.15) is 99.3 Å². The molecule has 0 spiro atoms. The van der Waals surface area contributed by atoms with Crippen molar-refractivity contribution in [2.75, 3.05) is 0 Å². The molecule has 5 atom stereocenters. The second kappa shape index (κ2) is 9.63. The third-order valence-corrected chi connectivity index (χ3v) is 7.77. The van der Waals surface area contributed by atoms with Gasteiger partial charge < -0.3 is 10.6 Å². The fourth-order valence-electron chi connectivity index (χ4n) is 6.34. The fourth-order valence-corrected chi connectivity index (χ4v) is 6.34. The van der Waals surface area contributed by atoms with Crippen LogP contribution >= 0.6 is 0 Å². The lowest BCUT2D eigenvalue weighted by Crippen LogP contribution is -2.63. The first-order chi connectivity index (χ1) is 13.1. The zero-order valence-corrected chi connectivity index (χ0v) is 19.2. The summed E-state index contributed by atoms with van der Waals surface area (Å²) in [5.41, 5.74) is 5.28. The second-order valence-corrected chi connectivity index (χ2v) is 10.6. The molecule has 2 aliphatic rings. The summed E-state index contributed by atoms with van der Waals surface area (Å²) in [4.78, 5) is 27.3. The van der Waals surface area contributed by atoms with E-state index in [0.717, 1.165) is 12.8 Å². The minimum Gasteiger partial charge on any atom is -0.370 e. The van der Waals surface area contributed by atoms with Crippen molar-refractivity contribution in [1.29, 1.82) is 0 Å². The van der Waals surface area contributed by atoms with Crippen molar-refractivity contribution in [2.45, 2.75) is 111 Å². The summed E-state index contributed by atoms with van der Waals surface area (Å²) >= 11 is 0. The van der Waals surface area contributed by atoms with Gasteiger partial charge in [-0.25, -0.2) is 0 Å². The summed E-state index contributed by atoms with van der Waals surface area (Å²) in [6, 6.07) is 0.286. The summed E-state index contributed by atoms with van der Waals surface area (Å²) in [7, 11) is 0. The quantitative estimate of drug-likeness (QED) is 0.651. The lowest BCUT2D eigenvalue weighted by Gasteiger charge is -2.57. The SMILES string of the molecule is CC1CCC(C(C)C)C(N(C(=O)CCC(N)=O)C2(C)CCCCC2C(C)C)C1. The molecule has 0 aromatic rings. The number of nitrogens with zero attached hydrogens (tertiary/aromatic N) is 1. The van der Waals surface area contributed by atoms with E-state index < -0.39 is 0 Å². The summed E-state index contributed by atoms with van der Waals surface area (Å²) in [6.45, 7) is 13.9. The maximum Gasteiger partial charge on any atom is 0.223 e. The Hall–Kier alpha value is -1.06. The molecule has 28 heavy (non-hydrogen) atoms. The third kappa shape index (κ3) is 5.10. The summed E-state index contributed by atoms with van der Waals surface area (Å²) in [5.74, 6) is 2.60. The highest BCUT2D eigenvalue weighted by Gasteiger charge is 2.49. The van der Waals surface area contributed by atoms with E-state index in [1.54, 1.807) is 0 Å². The van der Waals surface area contributed by atoms with Gasteiger partial charge in [0.2, 0.25) is 11.8 Å². The van der Waals surface area contributed by atoms with Crippen molar-refractivity contribution < 1.29 is 9.59 Å². The van der Waals surface area contributed by atoms with Crippen molar-refractivity contribution in [3.63, 3.8) is 0 Å². The van der Waals surface area contributed by atoms with Gasteiger partial charge in [0.25, 0.3) is 0 Å². The van der Waals surface area contributed by atoms with Crippen LogP contribution in [0.4, 0.5) is 0 Å². The molecule has 0 heterocycles. The second-order valence-electron chi connectivity index (χ2n) is 10.6. The van der Waals surface area contributed by atoms with Crippen LogP contribution in [0.25, 0.3) is 0 Å². The Labute approximate surface area is 173 Å². The van der Waals surface area contributed by atoms with Gasteiger partial charge >= 0.3 is 0 Å². The standard InChI is InChI=1S/C24H44N2O2/c1-16(2)19-11-10-18(5)15-21(19)26(23(28)13-12-22(25)27)24(6)14-8-7-9-20(24)17(3)4/h16-21H,7-15H2,1-6H3,(H2,25,27). The van der Waals surface area contributed by atoms with Gasteiger partial charge in [0.1, 0.15) is 0 Å². The van der Waals surface area contributed by atoms with Crippen LogP contribution < -0.4 is 5.73 Å². The van der Waals surface area contributed by atoms with Crippen LogP contribution in [0.2, 0.25) is 0 Å². The molecule has 0 aliphatic heterocycles. The van der Waals surface area contributed by atoms with Gasteiger partial charge in [-0.1, -0.05) is 53.9 Å². The normalized spacial score (nSPS) is 33.9. The van der Waals surface area contributed by atoms with Gasteiger partial charge in [-0.2, -0.15) is 0 Å². The molecule has 0 bridgehead atoms. The van der Waals surface area contributed by atoms with Crippen molar-refractivity contribution in [2.24, 2.45) is 35.3 Å². The zero-order valence-electron chi connectivity index (χ0n) is 19.2. The lowest BCUT2D eigenvalue weighted by atomic mass is 9.65. The molecule has 2 fully saturated rings. The first-order valence-corrected chi connectivity index (χ1v) is 11.7. The molecular formula is C24H44N2O2. The average Bonchev–Trinajstić information content (AvgIpc) is 2.59. The molecular weight excluding hydrogens is 348 g/mol. The number of rotatable bonds is 7. The molecule has 4 nitrogen and oxygen atoms in total. The van der Waals surface area contributed by atoms with Gasteiger partial charge in [0, 0.05) is 24.4 Å². The maximum atomic E-state index is 13.6. The molecule has 2 rings (SSSR count). The molecule has 0 aromatic heterocycles. The highest BCUT2D eigenvalue weighted by Crippen LogP contribution is 2.47. The molecule has 0 aromatic carbocycles. The Kier molecular flexibility index (Phi) is 7.98. The molecule has 2 saturated carbocycles. The van der Waals surface area contributed by atoms with Crippen LogP contribution in [0.15, 0.2) is 0 Å². The molecule has 0 radical (unpaired) electrons. The van der Waals surface area contributed by atoms with Crippen molar-refractivity contribution in [3.05, 3.63) is 0 Å². The Morgan fingerprint density at radius 3 is 2.29 bits per heavy atom. The molecule has 0 saturated heterocycles. The highest BCUT2D eigenvalue weighted by atomic mass is 16.2. The number of amides is 2. The minimum atomic E-state index is -0.375. The monoisotopic (exact) mass is 392 g/mol. The fraction of sp³-hybridized carbons (Fsp3) is 0.917. The summed E-state index contributed by atoms with van der Waals surface area (Å²) < 4.78 is 0. The van der Waals surface area contributed by atoms with Gasteiger partial charge in [0.05, 0.1) is 0 Å². The van der Waals surface area contributed by atoms with Crippen molar-refractivity contribution in [1.82, 2.24) is 4.90 Å². The molecule has 162 valence electrons. The molecule has 2 aliphatic carbocycles. The van der Waals surface area contributed by atoms with Gasteiger partial charge in [-0.05, 0) is 62.2 Å². The van der Waals surface area contributed by atoms with E-state index in [1.807, 2.05) is 0 Å². The number of carbonyl (C=O) groups is 2. The van der Waals surface area contributed by atoms with E-state index >= 15 is 0 Å². The average molecular weight is 393 g/mol. The maximum absolute atomic E-state index is 13.6. The molecule has 5 unspecified atom stereocenters. The molecule has 4 heteroatoms. The van der Waals surface area contributed by atoms with E-state index in [-0.39, 0.29) is 36.2 Å².